The topological polar surface area (TPSA) is 69.7 Å². The minimum absolute atomic E-state index is 0.126. The minimum Gasteiger partial charge on any atom is -0.332 e. The molecule has 0 saturated carbocycles. The number of amides is 3. The van der Waals surface area contributed by atoms with Crippen molar-refractivity contribution in [3.05, 3.63) is 30.3 Å². The number of nitrogens with zero attached hydrogens (tertiary/aromatic N) is 2. The molecular weight excluding hydrogens is 270 g/mol. The van der Waals surface area contributed by atoms with E-state index in [1.54, 1.807) is 33.0 Å². The summed E-state index contributed by atoms with van der Waals surface area (Å²) in [5.41, 5.74) is 0.663. The van der Waals surface area contributed by atoms with Crippen LogP contribution < -0.4 is 5.32 Å². The van der Waals surface area contributed by atoms with E-state index in [1.165, 1.54) is 9.80 Å². The van der Waals surface area contributed by atoms with Crippen molar-refractivity contribution in [2.75, 3.05) is 18.9 Å². The zero-order chi connectivity index (χ0) is 15.6. The van der Waals surface area contributed by atoms with Gasteiger partial charge in [0.15, 0.2) is 0 Å². The quantitative estimate of drug-likeness (QED) is 0.890. The van der Waals surface area contributed by atoms with Crippen LogP contribution in [0.3, 0.4) is 0 Å². The van der Waals surface area contributed by atoms with Crippen molar-refractivity contribution in [1.29, 1.82) is 0 Å². The van der Waals surface area contributed by atoms with Gasteiger partial charge < -0.3 is 15.1 Å². The molecule has 0 unspecified atom stereocenters. The van der Waals surface area contributed by atoms with Gasteiger partial charge in [-0.25, -0.2) is 0 Å². The highest BCUT2D eigenvalue weighted by Crippen LogP contribution is 2.16. The highest BCUT2D eigenvalue weighted by molar-refractivity contribution is 6.00. The Balaban J connectivity index is 2.05. The third kappa shape index (κ3) is 3.04. The van der Waals surface area contributed by atoms with Crippen LogP contribution in [0.2, 0.25) is 0 Å². The number of likely N-dealkylation sites (N-methyl/N-ethyl adjacent to an activating group) is 1. The molecule has 0 radical (unpaired) electrons. The van der Waals surface area contributed by atoms with Gasteiger partial charge in [0.25, 0.3) is 0 Å². The lowest BCUT2D eigenvalue weighted by Gasteiger charge is -2.40. The van der Waals surface area contributed by atoms with Gasteiger partial charge in [0.2, 0.25) is 17.7 Å². The molecule has 1 fully saturated rings. The number of benzene rings is 1. The molecule has 1 saturated heterocycles. The Labute approximate surface area is 123 Å². The number of nitrogens with one attached hydrogen (secondary N) is 1. The molecule has 6 heteroatoms. The second-order valence-corrected chi connectivity index (χ2v) is 5.18. The molecule has 1 aliphatic heterocycles. The van der Waals surface area contributed by atoms with Crippen molar-refractivity contribution >= 4 is 23.4 Å². The van der Waals surface area contributed by atoms with E-state index in [0.29, 0.717) is 5.69 Å². The molecule has 112 valence electrons. The molecule has 1 aliphatic rings. The summed E-state index contributed by atoms with van der Waals surface area (Å²) in [4.78, 5) is 39.0. The van der Waals surface area contributed by atoms with Gasteiger partial charge in [0, 0.05) is 12.7 Å². The summed E-state index contributed by atoms with van der Waals surface area (Å²) in [6.07, 6.45) is 0. The molecule has 1 aromatic rings. The van der Waals surface area contributed by atoms with Gasteiger partial charge in [-0.15, -0.1) is 0 Å². The molecule has 0 aromatic heterocycles. The smallest absolute Gasteiger partial charge is 0.246 e. The Hall–Kier alpha value is -2.37. The number of piperazine rings is 1. The number of rotatable bonds is 3. The summed E-state index contributed by atoms with van der Waals surface area (Å²) in [6, 6.07) is 7.83. The SMILES string of the molecule is C[C@H]1C(=O)N(CC(=O)Nc2ccccc2)[C@@H](C)C(=O)N1C. The van der Waals surface area contributed by atoms with Crippen LogP contribution in [-0.2, 0) is 14.4 Å². The van der Waals surface area contributed by atoms with Crippen molar-refractivity contribution in [1.82, 2.24) is 9.80 Å². The first-order valence-electron chi connectivity index (χ1n) is 6.84. The first-order valence-corrected chi connectivity index (χ1v) is 6.84. The number of anilines is 1. The first kappa shape index (κ1) is 15.0. The van der Waals surface area contributed by atoms with E-state index < -0.39 is 12.1 Å². The van der Waals surface area contributed by atoms with E-state index in [9.17, 15) is 14.4 Å². The first-order chi connectivity index (χ1) is 9.91. The monoisotopic (exact) mass is 289 g/mol. The molecular formula is C15H19N3O3. The average molecular weight is 289 g/mol. The van der Waals surface area contributed by atoms with E-state index >= 15 is 0 Å². The minimum atomic E-state index is -0.625. The number of hydrogen-bond donors (Lipinski definition) is 1. The van der Waals surface area contributed by atoms with Crippen LogP contribution in [0.25, 0.3) is 0 Å². The second-order valence-electron chi connectivity index (χ2n) is 5.18. The molecule has 1 aromatic carbocycles. The van der Waals surface area contributed by atoms with Gasteiger partial charge in [-0.1, -0.05) is 18.2 Å². The third-order valence-electron chi connectivity index (χ3n) is 3.77. The lowest BCUT2D eigenvalue weighted by atomic mass is 10.1. The van der Waals surface area contributed by atoms with Crippen LogP contribution in [0.1, 0.15) is 13.8 Å². The molecule has 1 heterocycles. The van der Waals surface area contributed by atoms with Crippen molar-refractivity contribution in [3.8, 4) is 0 Å². The van der Waals surface area contributed by atoms with Crippen molar-refractivity contribution in [3.63, 3.8) is 0 Å². The molecule has 2 rings (SSSR count). The zero-order valence-corrected chi connectivity index (χ0v) is 12.4. The van der Waals surface area contributed by atoms with Crippen LogP contribution in [-0.4, -0.2) is 53.2 Å². The summed E-state index contributed by atoms with van der Waals surface area (Å²) in [5.74, 6) is -0.687. The predicted octanol–water partition coefficient (Wildman–Crippen LogP) is 0.703. The van der Waals surface area contributed by atoms with E-state index in [0.717, 1.165) is 0 Å². The van der Waals surface area contributed by atoms with E-state index in [1.807, 2.05) is 18.2 Å². The molecule has 0 bridgehead atoms. The van der Waals surface area contributed by atoms with E-state index in [2.05, 4.69) is 5.32 Å². The number of hydrogen-bond acceptors (Lipinski definition) is 3. The lowest BCUT2D eigenvalue weighted by molar-refractivity contribution is -0.159. The van der Waals surface area contributed by atoms with Gasteiger partial charge in [0.05, 0.1) is 0 Å². The number of para-hydroxylation sites is 1. The maximum absolute atomic E-state index is 12.2. The number of carbonyl (C=O) groups is 3. The normalized spacial score (nSPS) is 22.4. The molecule has 1 N–H and O–H groups in total. The lowest BCUT2D eigenvalue weighted by Crippen LogP contribution is -2.62. The fourth-order valence-electron chi connectivity index (χ4n) is 2.31. The van der Waals surface area contributed by atoms with Gasteiger partial charge in [-0.05, 0) is 26.0 Å². The van der Waals surface area contributed by atoms with Gasteiger partial charge in [-0.2, -0.15) is 0 Å². The molecule has 21 heavy (non-hydrogen) atoms. The molecule has 3 amide bonds. The fourth-order valence-corrected chi connectivity index (χ4v) is 2.31. The average Bonchev–Trinajstić information content (AvgIpc) is 2.48. The van der Waals surface area contributed by atoms with Crippen LogP contribution >= 0.6 is 0 Å². The Morgan fingerprint density at radius 3 is 2.33 bits per heavy atom. The highest BCUT2D eigenvalue weighted by atomic mass is 16.2. The maximum atomic E-state index is 12.2. The van der Waals surface area contributed by atoms with Crippen LogP contribution in [0.4, 0.5) is 5.69 Å². The van der Waals surface area contributed by atoms with Crippen LogP contribution in [0, 0.1) is 0 Å². The fraction of sp³-hybridized carbons (Fsp3) is 0.400. The van der Waals surface area contributed by atoms with Gasteiger partial charge in [-0.3, -0.25) is 14.4 Å². The third-order valence-corrected chi connectivity index (χ3v) is 3.77. The van der Waals surface area contributed by atoms with E-state index in [4.69, 9.17) is 0 Å². The summed E-state index contributed by atoms with van der Waals surface area (Å²) in [5, 5.41) is 2.71. The van der Waals surface area contributed by atoms with Crippen molar-refractivity contribution in [2.45, 2.75) is 25.9 Å². The van der Waals surface area contributed by atoms with Crippen molar-refractivity contribution < 1.29 is 14.4 Å². The summed E-state index contributed by atoms with van der Waals surface area (Å²) >= 11 is 0. The standard InChI is InChI=1S/C15H19N3O3/c1-10-15(21)18(11(2)14(20)17(10)3)9-13(19)16-12-7-5-4-6-8-12/h4-8,10-11H,9H2,1-3H3,(H,16,19)/t10-,11-/m0/s1. The van der Waals surface area contributed by atoms with Crippen LogP contribution in [0.15, 0.2) is 30.3 Å². The Morgan fingerprint density at radius 2 is 1.71 bits per heavy atom. The Kier molecular flexibility index (Phi) is 4.26. The van der Waals surface area contributed by atoms with E-state index in [-0.39, 0.29) is 24.3 Å². The number of carbonyl (C=O) groups excluding carboxylic acids is 3. The Morgan fingerprint density at radius 1 is 1.10 bits per heavy atom. The Bertz CT molecular complexity index is 559. The zero-order valence-electron chi connectivity index (χ0n) is 12.4. The molecule has 0 aliphatic carbocycles. The largest absolute Gasteiger partial charge is 0.332 e. The highest BCUT2D eigenvalue weighted by Gasteiger charge is 2.40. The predicted molar refractivity (Wildman–Crippen MR) is 78.5 cm³/mol. The molecule has 0 spiro atoms. The van der Waals surface area contributed by atoms with Crippen LogP contribution in [0.5, 0.6) is 0 Å². The molecule has 6 nitrogen and oxygen atoms in total. The summed E-state index contributed by atoms with van der Waals surface area (Å²) in [6.45, 7) is 3.17. The van der Waals surface area contributed by atoms with Gasteiger partial charge in [0.1, 0.15) is 18.6 Å². The second kappa shape index (κ2) is 5.95. The molecule has 2 atom stereocenters. The summed E-state index contributed by atoms with van der Waals surface area (Å²) < 4.78 is 0. The summed E-state index contributed by atoms with van der Waals surface area (Å²) in [7, 11) is 1.60. The van der Waals surface area contributed by atoms with Gasteiger partial charge >= 0.3 is 0 Å². The van der Waals surface area contributed by atoms with Crippen molar-refractivity contribution in [2.24, 2.45) is 0 Å². The maximum Gasteiger partial charge on any atom is 0.246 e.